The Morgan fingerprint density at radius 1 is 1.35 bits per heavy atom. The molecule has 1 aliphatic heterocycles. The number of carbonyl (C=O) groups is 1. The first-order chi connectivity index (χ1) is 12.6. The maximum Gasteiger partial charge on any atom is 0.227 e. The van der Waals surface area contributed by atoms with Gasteiger partial charge in [-0.15, -0.1) is 0 Å². The Labute approximate surface area is 156 Å². The van der Waals surface area contributed by atoms with Gasteiger partial charge in [-0.25, -0.2) is 4.98 Å². The molecule has 1 aromatic heterocycles. The molecule has 1 saturated heterocycles. The first kappa shape index (κ1) is 20.2. The van der Waals surface area contributed by atoms with Crippen LogP contribution in [0.5, 0.6) is 0 Å². The third-order valence-electron chi connectivity index (χ3n) is 4.24. The van der Waals surface area contributed by atoms with Gasteiger partial charge in [0.2, 0.25) is 5.91 Å². The van der Waals surface area contributed by atoms with Crippen molar-refractivity contribution in [2.24, 2.45) is 4.99 Å². The molecule has 1 aliphatic rings. The minimum Gasteiger partial charge on any atom is -0.378 e. The zero-order valence-corrected chi connectivity index (χ0v) is 16.1. The fraction of sp³-hybridized carbons (Fsp3) is 0.632. The molecule has 0 aromatic carbocycles. The van der Waals surface area contributed by atoms with Crippen LogP contribution in [0.25, 0.3) is 0 Å². The minimum absolute atomic E-state index is 0.0715. The smallest absolute Gasteiger partial charge is 0.227 e. The van der Waals surface area contributed by atoms with Crippen molar-refractivity contribution in [2.45, 2.75) is 46.1 Å². The van der Waals surface area contributed by atoms with Gasteiger partial charge < -0.3 is 20.3 Å². The zero-order chi connectivity index (χ0) is 18.8. The number of piperidine rings is 1. The lowest BCUT2D eigenvalue weighted by Gasteiger charge is -2.34. The molecule has 0 bridgehead atoms. The summed E-state index contributed by atoms with van der Waals surface area (Å²) in [4.78, 5) is 23.2. The third-order valence-corrected chi connectivity index (χ3v) is 4.24. The van der Waals surface area contributed by atoms with E-state index in [2.05, 4.69) is 32.4 Å². The van der Waals surface area contributed by atoms with Crippen LogP contribution < -0.4 is 10.6 Å². The number of ether oxygens (including phenoxy) is 1. The molecule has 1 amide bonds. The SMILES string of the molecule is CCNC(=NCCC(=O)Nc1cccc(C)n1)N1CCC(OCC)CC1. The lowest BCUT2D eigenvalue weighted by atomic mass is 10.1. The highest BCUT2D eigenvalue weighted by Crippen LogP contribution is 2.13. The molecule has 144 valence electrons. The molecule has 0 spiro atoms. The fourth-order valence-corrected chi connectivity index (χ4v) is 2.98. The number of aromatic nitrogens is 1. The van der Waals surface area contributed by atoms with E-state index in [4.69, 9.17) is 4.74 Å². The predicted octanol–water partition coefficient (Wildman–Crippen LogP) is 2.19. The van der Waals surface area contributed by atoms with Crippen molar-refractivity contribution >= 4 is 17.7 Å². The fourth-order valence-electron chi connectivity index (χ4n) is 2.98. The Hall–Kier alpha value is -2.15. The predicted molar refractivity (Wildman–Crippen MR) is 104 cm³/mol. The molecule has 2 N–H and O–H groups in total. The van der Waals surface area contributed by atoms with Crippen LogP contribution >= 0.6 is 0 Å². The van der Waals surface area contributed by atoms with Gasteiger partial charge in [-0.2, -0.15) is 0 Å². The number of carbonyl (C=O) groups excluding carboxylic acids is 1. The van der Waals surface area contributed by atoms with Crippen LogP contribution in [0.4, 0.5) is 5.82 Å². The summed E-state index contributed by atoms with van der Waals surface area (Å²) in [6, 6.07) is 5.57. The number of guanidine groups is 1. The second-order valence-electron chi connectivity index (χ2n) is 6.34. The average Bonchev–Trinajstić information content (AvgIpc) is 2.62. The highest BCUT2D eigenvalue weighted by Gasteiger charge is 2.21. The number of rotatable bonds is 7. The number of nitrogens with zero attached hydrogens (tertiary/aromatic N) is 3. The van der Waals surface area contributed by atoms with E-state index in [0.29, 0.717) is 24.9 Å². The second kappa shape index (κ2) is 10.8. The topological polar surface area (TPSA) is 78.8 Å². The van der Waals surface area contributed by atoms with E-state index in [1.165, 1.54) is 0 Å². The molecular weight excluding hydrogens is 330 g/mol. The standard InChI is InChI=1S/C19H31N5O2/c1-4-20-19(24-13-10-16(11-14-24)26-5-2)21-12-9-18(25)23-17-8-6-7-15(3)22-17/h6-8,16H,4-5,9-14H2,1-3H3,(H,20,21)(H,22,23,25). The highest BCUT2D eigenvalue weighted by atomic mass is 16.5. The van der Waals surface area contributed by atoms with Gasteiger partial charge in [-0.3, -0.25) is 9.79 Å². The molecule has 0 aliphatic carbocycles. The number of aliphatic imine (C=N–C) groups is 1. The molecule has 0 unspecified atom stereocenters. The van der Waals surface area contributed by atoms with Crippen LogP contribution in [-0.4, -0.2) is 60.6 Å². The van der Waals surface area contributed by atoms with Crippen molar-refractivity contribution in [3.63, 3.8) is 0 Å². The number of hydrogen-bond acceptors (Lipinski definition) is 4. The van der Waals surface area contributed by atoms with Crippen molar-refractivity contribution in [1.82, 2.24) is 15.2 Å². The summed E-state index contributed by atoms with van der Waals surface area (Å²) >= 11 is 0. The van der Waals surface area contributed by atoms with Gasteiger partial charge in [-0.05, 0) is 45.7 Å². The van der Waals surface area contributed by atoms with Gasteiger partial charge in [0, 0.05) is 38.4 Å². The number of pyridine rings is 1. The summed E-state index contributed by atoms with van der Waals surface area (Å²) in [5.41, 5.74) is 0.880. The molecule has 0 atom stereocenters. The van der Waals surface area contributed by atoms with Crippen LogP contribution in [0, 0.1) is 6.92 Å². The summed E-state index contributed by atoms with van der Waals surface area (Å²) in [5.74, 6) is 1.39. The number of likely N-dealkylation sites (tertiary alicyclic amines) is 1. The van der Waals surface area contributed by atoms with E-state index in [1.54, 1.807) is 6.07 Å². The van der Waals surface area contributed by atoms with E-state index in [0.717, 1.165) is 50.7 Å². The van der Waals surface area contributed by atoms with Crippen molar-refractivity contribution in [2.75, 3.05) is 38.1 Å². The normalized spacial score (nSPS) is 15.8. The quantitative estimate of drug-likeness (QED) is 0.575. The van der Waals surface area contributed by atoms with Gasteiger partial charge >= 0.3 is 0 Å². The minimum atomic E-state index is -0.0715. The van der Waals surface area contributed by atoms with Gasteiger partial charge in [-0.1, -0.05) is 6.07 Å². The Balaban J connectivity index is 1.82. The molecule has 0 saturated carbocycles. The second-order valence-corrected chi connectivity index (χ2v) is 6.34. The highest BCUT2D eigenvalue weighted by molar-refractivity contribution is 5.90. The molecule has 7 heteroatoms. The Kier molecular flexibility index (Phi) is 8.34. The number of anilines is 1. The van der Waals surface area contributed by atoms with E-state index in [1.807, 2.05) is 26.0 Å². The molecular formula is C19H31N5O2. The summed E-state index contributed by atoms with van der Waals surface area (Å²) < 4.78 is 5.70. The number of hydrogen-bond donors (Lipinski definition) is 2. The van der Waals surface area contributed by atoms with Crippen molar-refractivity contribution < 1.29 is 9.53 Å². The Bertz CT molecular complexity index is 597. The van der Waals surface area contributed by atoms with Gasteiger partial charge in [0.25, 0.3) is 0 Å². The largest absolute Gasteiger partial charge is 0.378 e. The number of amides is 1. The lowest BCUT2D eigenvalue weighted by molar-refractivity contribution is -0.116. The molecule has 2 heterocycles. The summed E-state index contributed by atoms with van der Waals surface area (Å²) in [7, 11) is 0. The van der Waals surface area contributed by atoms with Crippen molar-refractivity contribution in [3.05, 3.63) is 23.9 Å². The van der Waals surface area contributed by atoms with E-state index in [9.17, 15) is 4.79 Å². The Morgan fingerprint density at radius 2 is 2.12 bits per heavy atom. The summed E-state index contributed by atoms with van der Waals surface area (Å²) in [5, 5.41) is 6.14. The maximum absolute atomic E-state index is 12.1. The third kappa shape index (κ3) is 6.63. The van der Waals surface area contributed by atoms with Crippen LogP contribution in [0.15, 0.2) is 23.2 Å². The monoisotopic (exact) mass is 361 g/mol. The van der Waals surface area contributed by atoms with Crippen LogP contribution in [0.3, 0.4) is 0 Å². The van der Waals surface area contributed by atoms with Gasteiger partial charge in [0.05, 0.1) is 12.6 Å². The van der Waals surface area contributed by atoms with Crippen molar-refractivity contribution in [3.8, 4) is 0 Å². The molecule has 0 radical (unpaired) electrons. The van der Waals surface area contributed by atoms with E-state index >= 15 is 0 Å². The number of aryl methyl sites for hydroxylation is 1. The lowest BCUT2D eigenvalue weighted by Crippen LogP contribution is -2.47. The van der Waals surface area contributed by atoms with Crippen molar-refractivity contribution in [1.29, 1.82) is 0 Å². The van der Waals surface area contributed by atoms with E-state index < -0.39 is 0 Å². The summed E-state index contributed by atoms with van der Waals surface area (Å²) in [6.45, 7) is 9.87. The molecule has 1 aromatic rings. The van der Waals surface area contributed by atoms with E-state index in [-0.39, 0.29) is 5.91 Å². The first-order valence-electron chi connectivity index (χ1n) is 9.50. The van der Waals surface area contributed by atoms with Crippen LogP contribution in [0.1, 0.15) is 38.8 Å². The number of nitrogens with one attached hydrogen (secondary N) is 2. The average molecular weight is 361 g/mol. The molecule has 2 rings (SSSR count). The first-order valence-corrected chi connectivity index (χ1v) is 9.50. The zero-order valence-electron chi connectivity index (χ0n) is 16.1. The summed E-state index contributed by atoms with van der Waals surface area (Å²) in [6.07, 6.45) is 2.71. The van der Waals surface area contributed by atoms with Crippen LogP contribution in [0.2, 0.25) is 0 Å². The Morgan fingerprint density at radius 3 is 2.77 bits per heavy atom. The molecule has 26 heavy (non-hydrogen) atoms. The molecule has 1 fully saturated rings. The van der Waals surface area contributed by atoms with Gasteiger partial charge in [0.15, 0.2) is 5.96 Å². The maximum atomic E-state index is 12.1. The van der Waals surface area contributed by atoms with Gasteiger partial charge in [0.1, 0.15) is 5.82 Å². The van der Waals surface area contributed by atoms with Crippen LogP contribution in [-0.2, 0) is 9.53 Å². The molecule has 7 nitrogen and oxygen atoms in total.